The molecule has 0 bridgehead atoms. The summed E-state index contributed by atoms with van der Waals surface area (Å²) >= 11 is 6.71. The molecule has 2 heterocycles. The quantitative estimate of drug-likeness (QED) is 0.696. The van der Waals surface area contributed by atoms with Gasteiger partial charge in [-0.3, -0.25) is 19.7 Å². The number of likely N-dealkylation sites (tertiary alicyclic amines) is 1. The Labute approximate surface area is 187 Å². The first-order valence-corrected chi connectivity index (χ1v) is 11.2. The lowest BCUT2D eigenvalue weighted by molar-refractivity contribution is -0.141. The zero-order chi connectivity index (χ0) is 22.2. The van der Waals surface area contributed by atoms with Crippen LogP contribution < -0.4 is 5.32 Å². The minimum absolute atomic E-state index is 0.131. The molecular weight excluding hydrogens is 412 g/mol. The summed E-state index contributed by atoms with van der Waals surface area (Å²) in [6.45, 7) is 4.84. The van der Waals surface area contributed by atoms with Gasteiger partial charge in [0.2, 0.25) is 17.7 Å². The van der Waals surface area contributed by atoms with Crippen molar-refractivity contribution in [1.29, 1.82) is 0 Å². The molecule has 162 valence electrons. The van der Waals surface area contributed by atoms with E-state index in [2.05, 4.69) is 19.2 Å². The Morgan fingerprint density at radius 3 is 2.48 bits per heavy atom. The van der Waals surface area contributed by atoms with Gasteiger partial charge in [0.15, 0.2) is 0 Å². The van der Waals surface area contributed by atoms with Crippen LogP contribution >= 0.6 is 11.6 Å². The lowest BCUT2D eigenvalue weighted by atomic mass is 9.88. The SMILES string of the molecule is CC1(C)CCCC(=O)N1Cc1ccc(-c2cccc(C3CCC(=O)NC3=O)c2Cl)cc1. The standard InChI is InChI=1S/C25H27ClN2O3/c1-25(2)14-4-7-22(30)28(25)15-16-8-10-17(11-9-16)18-5-3-6-19(23(18)26)20-12-13-21(29)27-24(20)31/h3,5-6,8-11,20H,4,7,12-15H2,1-2H3,(H,27,29,31). The Morgan fingerprint density at radius 1 is 1.06 bits per heavy atom. The molecule has 0 spiro atoms. The molecule has 1 N–H and O–H groups in total. The van der Waals surface area contributed by atoms with Crippen LogP contribution in [0.3, 0.4) is 0 Å². The number of hydrogen-bond donors (Lipinski definition) is 1. The van der Waals surface area contributed by atoms with E-state index in [1.807, 2.05) is 47.4 Å². The van der Waals surface area contributed by atoms with Gasteiger partial charge in [0.05, 0.1) is 10.9 Å². The summed E-state index contributed by atoms with van der Waals surface area (Å²) in [5.41, 5.74) is 3.49. The van der Waals surface area contributed by atoms with Crippen molar-refractivity contribution in [1.82, 2.24) is 10.2 Å². The molecule has 2 aliphatic heterocycles. The van der Waals surface area contributed by atoms with Gasteiger partial charge in [-0.05, 0) is 49.8 Å². The smallest absolute Gasteiger partial charge is 0.234 e. The molecule has 6 heteroatoms. The first-order chi connectivity index (χ1) is 14.8. The summed E-state index contributed by atoms with van der Waals surface area (Å²) in [4.78, 5) is 38.2. The van der Waals surface area contributed by atoms with Crippen LogP contribution in [0.5, 0.6) is 0 Å². The van der Waals surface area contributed by atoms with E-state index in [0.717, 1.165) is 35.1 Å². The fourth-order valence-corrected chi connectivity index (χ4v) is 4.95. The van der Waals surface area contributed by atoms with E-state index in [4.69, 9.17) is 11.6 Å². The Morgan fingerprint density at radius 2 is 1.81 bits per heavy atom. The van der Waals surface area contributed by atoms with Crippen molar-refractivity contribution >= 4 is 29.3 Å². The number of benzene rings is 2. The highest BCUT2D eigenvalue weighted by molar-refractivity contribution is 6.34. The fourth-order valence-electron chi connectivity index (χ4n) is 4.59. The molecule has 31 heavy (non-hydrogen) atoms. The largest absolute Gasteiger partial charge is 0.333 e. The Hall–Kier alpha value is -2.66. The van der Waals surface area contributed by atoms with Crippen LogP contribution in [0.1, 0.15) is 63.0 Å². The third kappa shape index (κ3) is 4.38. The minimum atomic E-state index is -0.420. The highest BCUT2D eigenvalue weighted by atomic mass is 35.5. The number of imide groups is 1. The van der Waals surface area contributed by atoms with Crippen molar-refractivity contribution in [2.75, 3.05) is 0 Å². The van der Waals surface area contributed by atoms with Gasteiger partial charge in [0.25, 0.3) is 0 Å². The highest BCUT2D eigenvalue weighted by Crippen LogP contribution is 2.37. The maximum atomic E-state index is 12.4. The molecule has 0 saturated carbocycles. The maximum Gasteiger partial charge on any atom is 0.234 e. The van der Waals surface area contributed by atoms with Crippen molar-refractivity contribution in [2.45, 2.75) is 64.0 Å². The zero-order valence-corrected chi connectivity index (χ0v) is 18.7. The van der Waals surface area contributed by atoms with Gasteiger partial charge in [-0.1, -0.05) is 54.1 Å². The van der Waals surface area contributed by atoms with Crippen molar-refractivity contribution in [3.63, 3.8) is 0 Å². The average Bonchev–Trinajstić information content (AvgIpc) is 2.72. The third-order valence-corrected chi connectivity index (χ3v) is 6.88. The number of nitrogens with one attached hydrogen (secondary N) is 1. The van der Waals surface area contributed by atoms with Gasteiger partial charge >= 0.3 is 0 Å². The second kappa shape index (κ2) is 8.46. The highest BCUT2D eigenvalue weighted by Gasteiger charge is 2.34. The number of hydrogen-bond acceptors (Lipinski definition) is 3. The molecule has 2 aromatic rings. The number of amides is 3. The molecule has 5 nitrogen and oxygen atoms in total. The van der Waals surface area contributed by atoms with E-state index in [1.165, 1.54) is 0 Å². The minimum Gasteiger partial charge on any atom is -0.333 e. The summed E-state index contributed by atoms with van der Waals surface area (Å²) in [6.07, 6.45) is 3.36. The van der Waals surface area contributed by atoms with E-state index in [0.29, 0.717) is 30.8 Å². The van der Waals surface area contributed by atoms with Gasteiger partial charge in [-0.15, -0.1) is 0 Å². The number of piperidine rings is 2. The van der Waals surface area contributed by atoms with Crippen LogP contribution in [0.4, 0.5) is 0 Å². The number of nitrogens with zero attached hydrogens (tertiary/aromatic N) is 1. The molecule has 0 radical (unpaired) electrons. The monoisotopic (exact) mass is 438 g/mol. The molecule has 0 aliphatic carbocycles. The van der Waals surface area contributed by atoms with E-state index >= 15 is 0 Å². The maximum absolute atomic E-state index is 12.4. The Balaban J connectivity index is 1.56. The predicted molar refractivity (Wildman–Crippen MR) is 120 cm³/mol. The summed E-state index contributed by atoms with van der Waals surface area (Å²) in [7, 11) is 0. The van der Waals surface area contributed by atoms with Crippen LogP contribution in [-0.2, 0) is 20.9 Å². The second-order valence-electron chi connectivity index (χ2n) is 9.06. The number of halogens is 1. The molecule has 3 amide bonds. The number of carbonyl (C=O) groups is 3. The normalized spacial score (nSPS) is 21.2. The van der Waals surface area contributed by atoms with Gasteiger partial charge in [0.1, 0.15) is 0 Å². The van der Waals surface area contributed by atoms with Gasteiger partial charge in [0, 0.05) is 30.5 Å². The van der Waals surface area contributed by atoms with Crippen molar-refractivity contribution in [3.8, 4) is 11.1 Å². The third-order valence-electron chi connectivity index (χ3n) is 6.46. The zero-order valence-electron chi connectivity index (χ0n) is 17.9. The number of carbonyl (C=O) groups excluding carboxylic acids is 3. The second-order valence-corrected chi connectivity index (χ2v) is 9.43. The summed E-state index contributed by atoms with van der Waals surface area (Å²) in [5, 5.41) is 2.94. The lowest BCUT2D eigenvalue weighted by Crippen LogP contribution is -2.50. The van der Waals surface area contributed by atoms with Crippen LogP contribution in [0.2, 0.25) is 5.02 Å². The molecule has 1 atom stereocenters. The van der Waals surface area contributed by atoms with Crippen LogP contribution in [0, 0.1) is 0 Å². The van der Waals surface area contributed by atoms with Gasteiger partial charge < -0.3 is 4.90 Å². The molecule has 4 rings (SSSR count). The van der Waals surface area contributed by atoms with Crippen molar-refractivity contribution in [2.24, 2.45) is 0 Å². The van der Waals surface area contributed by atoms with E-state index in [-0.39, 0.29) is 23.3 Å². The fraction of sp³-hybridized carbons (Fsp3) is 0.400. The summed E-state index contributed by atoms with van der Waals surface area (Å²) in [6, 6.07) is 13.8. The molecule has 0 aromatic heterocycles. The average molecular weight is 439 g/mol. The molecule has 2 aromatic carbocycles. The summed E-state index contributed by atoms with van der Waals surface area (Å²) in [5.74, 6) is -0.740. The topological polar surface area (TPSA) is 66.5 Å². The van der Waals surface area contributed by atoms with E-state index < -0.39 is 5.92 Å². The molecule has 2 aliphatic rings. The number of rotatable bonds is 4. The van der Waals surface area contributed by atoms with Crippen LogP contribution in [0.15, 0.2) is 42.5 Å². The molecular formula is C25H27ClN2O3. The van der Waals surface area contributed by atoms with Gasteiger partial charge in [-0.2, -0.15) is 0 Å². The Bertz CT molecular complexity index is 1030. The molecule has 1 unspecified atom stereocenters. The molecule has 2 saturated heterocycles. The predicted octanol–water partition coefficient (Wildman–Crippen LogP) is 4.82. The van der Waals surface area contributed by atoms with Crippen LogP contribution in [0.25, 0.3) is 11.1 Å². The van der Waals surface area contributed by atoms with Gasteiger partial charge in [-0.25, -0.2) is 0 Å². The van der Waals surface area contributed by atoms with E-state index in [9.17, 15) is 14.4 Å². The first kappa shape index (κ1) is 21.6. The van der Waals surface area contributed by atoms with Crippen molar-refractivity contribution < 1.29 is 14.4 Å². The van der Waals surface area contributed by atoms with Crippen molar-refractivity contribution in [3.05, 3.63) is 58.6 Å². The lowest BCUT2D eigenvalue weighted by Gasteiger charge is -2.42. The molecule has 2 fully saturated rings. The Kier molecular flexibility index (Phi) is 5.89. The summed E-state index contributed by atoms with van der Waals surface area (Å²) < 4.78 is 0. The van der Waals surface area contributed by atoms with Crippen LogP contribution in [-0.4, -0.2) is 28.2 Å². The van der Waals surface area contributed by atoms with E-state index in [1.54, 1.807) is 0 Å². The first-order valence-electron chi connectivity index (χ1n) is 10.8.